The summed E-state index contributed by atoms with van der Waals surface area (Å²) in [5.74, 6) is 2.26. The molecule has 44 heavy (non-hydrogen) atoms. The maximum Gasteiger partial charge on any atom is 0.356 e. The van der Waals surface area contributed by atoms with E-state index in [-0.39, 0.29) is 5.69 Å². The number of hydrogen-bond acceptors (Lipinski definition) is 7. The highest BCUT2D eigenvalue weighted by molar-refractivity contribution is 7.23. The first-order chi connectivity index (χ1) is 21.7. The fourth-order valence-corrected chi connectivity index (χ4v) is 6.26. The van der Waals surface area contributed by atoms with Crippen molar-refractivity contribution in [3.05, 3.63) is 144 Å². The molecule has 8 heteroatoms. The lowest BCUT2D eigenvalue weighted by molar-refractivity contribution is 0.993. The van der Waals surface area contributed by atoms with E-state index in [1.807, 2.05) is 115 Å². The molecule has 8 aromatic rings. The molecule has 0 aliphatic heterocycles. The van der Waals surface area contributed by atoms with E-state index in [0.29, 0.717) is 28.3 Å². The Bertz CT molecular complexity index is 2300. The van der Waals surface area contributed by atoms with Crippen LogP contribution in [-0.2, 0) is 0 Å². The van der Waals surface area contributed by atoms with Crippen LogP contribution in [0.2, 0.25) is 0 Å². The second-order valence-electron chi connectivity index (χ2n) is 10.2. The van der Waals surface area contributed by atoms with Crippen LogP contribution in [0.15, 0.2) is 138 Å². The Morgan fingerprint density at radius 2 is 0.909 bits per heavy atom. The molecule has 0 N–H and O–H groups in total. The van der Waals surface area contributed by atoms with Crippen LogP contribution >= 0.6 is 11.3 Å². The summed E-state index contributed by atoms with van der Waals surface area (Å²) in [5.41, 5.74) is 6.00. The second kappa shape index (κ2) is 10.8. The molecular formula is C36H22N6OS. The summed E-state index contributed by atoms with van der Waals surface area (Å²) in [5, 5.41) is 0. The molecule has 0 radical (unpaired) electrons. The van der Waals surface area contributed by atoms with Gasteiger partial charge in [0.1, 0.15) is 0 Å². The number of hydrogen-bond donors (Lipinski definition) is 0. The Hall–Kier alpha value is -5.86. The largest absolute Gasteiger partial charge is 0.356 e. The summed E-state index contributed by atoms with van der Waals surface area (Å²) in [7, 11) is 0. The first-order valence-electron chi connectivity index (χ1n) is 14.1. The van der Waals surface area contributed by atoms with E-state index in [1.165, 1.54) is 11.3 Å². The fraction of sp³-hybridized carbons (Fsp3) is 0. The van der Waals surface area contributed by atoms with Crippen LogP contribution in [0.25, 0.3) is 71.9 Å². The van der Waals surface area contributed by atoms with Gasteiger partial charge in [0.25, 0.3) is 0 Å². The molecule has 0 aliphatic rings. The van der Waals surface area contributed by atoms with E-state index in [2.05, 4.69) is 23.2 Å². The van der Waals surface area contributed by atoms with Gasteiger partial charge in [0.05, 0.1) is 10.2 Å². The summed E-state index contributed by atoms with van der Waals surface area (Å²) in [6.45, 7) is 0. The zero-order valence-electron chi connectivity index (χ0n) is 23.2. The quantitative estimate of drug-likeness (QED) is 0.204. The van der Waals surface area contributed by atoms with Crippen molar-refractivity contribution >= 4 is 26.5 Å². The molecule has 0 unspecified atom stereocenters. The van der Waals surface area contributed by atoms with Crippen molar-refractivity contribution in [2.45, 2.75) is 0 Å². The van der Waals surface area contributed by atoms with Crippen molar-refractivity contribution in [1.82, 2.24) is 29.3 Å². The molecule has 3 heterocycles. The molecule has 0 saturated heterocycles. The second-order valence-corrected chi connectivity index (χ2v) is 11.2. The van der Waals surface area contributed by atoms with Gasteiger partial charge in [0, 0.05) is 22.3 Å². The predicted octanol–water partition coefficient (Wildman–Crippen LogP) is 7.82. The lowest BCUT2D eigenvalue weighted by atomic mass is 10.0. The van der Waals surface area contributed by atoms with Gasteiger partial charge in [0.2, 0.25) is 4.96 Å². The molecule has 7 nitrogen and oxygen atoms in total. The maximum absolute atomic E-state index is 13.1. The van der Waals surface area contributed by atoms with Crippen molar-refractivity contribution in [1.29, 1.82) is 0 Å². The Kier molecular flexibility index (Phi) is 6.31. The van der Waals surface area contributed by atoms with Crippen LogP contribution < -0.4 is 5.69 Å². The SMILES string of the molecule is O=c1nc(-c2ccccc2)nc2sc3cc(-c4cccc(-c5nc(-c6ccccc6)nc(-c6ccccc6)n5)c4)ccc3n12. The van der Waals surface area contributed by atoms with E-state index in [9.17, 15) is 4.79 Å². The highest BCUT2D eigenvalue weighted by atomic mass is 32.1. The maximum atomic E-state index is 13.1. The summed E-state index contributed by atoms with van der Waals surface area (Å²) in [4.78, 5) is 37.2. The monoisotopic (exact) mass is 586 g/mol. The molecule has 0 saturated carbocycles. The highest BCUT2D eigenvalue weighted by Gasteiger charge is 2.15. The number of fused-ring (bicyclic) bond motifs is 3. The van der Waals surface area contributed by atoms with Crippen molar-refractivity contribution in [3.63, 3.8) is 0 Å². The molecule has 208 valence electrons. The van der Waals surface area contributed by atoms with Crippen LogP contribution in [0, 0.1) is 0 Å². The molecular weight excluding hydrogens is 565 g/mol. The zero-order chi connectivity index (χ0) is 29.5. The number of nitrogens with zero attached hydrogens (tertiary/aromatic N) is 6. The molecule has 5 aromatic carbocycles. The molecule has 0 fully saturated rings. The Morgan fingerprint density at radius 3 is 1.50 bits per heavy atom. The number of aromatic nitrogens is 6. The van der Waals surface area contributed by atoms with Crippen molar-refractivity contribution in [3.8, 4) is 56.7 Å². The van der Waals surface area contributed by atoms with Gasteiger partial charge in [-0.1, -0.05) is 127 Å². The van der Waals surface area contributed by atoms with E-state index in [0.717, 1.165) is 43.6 Å². The molecule has 0 amide bonds. The minimum atomic E-state index is -0.340. The lowest BCUT2D eigenvalue weighted by Gasteiger charge is -2.09. The third-order valence-corrected chi connectivity index (χ3v) is 8.38. The van der Waals surface area contributed by atoms with Crippen molar-refractivity contribution < 1.29 is 0 Å². The molecule has 0 bridgehead atoms. The summed E-state index contributed by atoms with van der Waals surface area (Å²) in [6.07, 6.45) is 0. The summed E-state index contributed by atoms with van der Waals surface area (Å²) in [6, 6.07) is 43.7. The normalized spacial score (nSPS) is 11.3. The van der Waals surface area contributed by atoms with Crippen LogP contribution in [0.4, 0.5) is 0 Å². The Labute approximate surface area is 255 Å². The topological polar surface area (TPSA) is 85.9 Å². The van der Waals surface area contributed by atoms with Gasteiger partial charge in [-0.2, -0.15) is 9.97 Å². The number of benzene rings is 5. The van der Waals surface area contributed by atoms with Gasteiger partial charge in [-0.15, -0.1) is 0 Å². The molecule has 0 aliphatic carbocycles. The van der Waals surface area contributed by atoms with Gasteiger partial charge in [0.15, 0.2) is 23.3 Å². The molecule has 3 aromatic heterocycles. The van der Waals surface area contributed by atoms with Crippen LogP contribution in [-0.4, -0.2) is 29.3 Å². The van der Waals surface area contributed by atoms with Gasteiger partial charge >= 0.3 is 5.69 Å². The number of rotatable bonds is 5. The van der Waals surface area contributed by atoms with E-state index >= 15 is 0 Å². The summed E-state index contributed by atoms with van der Waals surface area (Å²) >= 11 is 1.47. The van der Waals surface area contributed by atoms with E-state index in [4.69, 9.17) is 19.9 Å². The molecule has 8 rings (SSSR count). The smallest absolute Gasteiger partial charge is 0.245 e. The standard InChI is InChI=1S/C36H22N6OS/c43-35-40-33(25-15-8-3-9-16-25)41-36-42(35)29-20-19-27(22-30(29)44-36)26-17-10-18-28(21-26)34-38-31(23-11-4-1-5-12-23)37-32(39-34)24-13-6-2-7-14-24/h1-22H. The van der Waals surface area contributed by atoms with Gasteiger partial charge in [-0.05, 0) is 29.3 Å². The van der Waals surface area contributed by atoms with E-state index in [1.54, 1.807) is 4.40 Å². The first kappa shape index (κ1) is 25.8. The molecule has 0 spiro atoms. The first-order valence-corrected chi connectivity index (χ1v) is 14.9. The highest BCUT2D eigenvalue weighted by Crippen LogP contribution is 2.32. The van der Waals surface area contributed by atoms with Crippen molar-refractivity contribution in [2.75, 3.05) is 0 Å². The average molecular weight is 587 g/mol. The molecule has 0 atom stereocenters. The Balaban J connectivity index is 1.22. The van der Waals surface area contributed by atoms with E-state index < -0.39 is 0 Å². The minimum absolute atomic E-state index is 0.340. The van der Waals surface area contributed by atoms with Gasteiger partial charge < -0.3 is 0 Å². The Morgan fingerprint density at radius 1 is 0.432 bits per heavy atom. The van der Waals surface area contributed by atoms with Crippen LogP contribution in [0.1, 0.15) is 0 Å². The van der Waals surface area contributed by atoms with Crippen LogP contribution in [0.5, 0.6) is 0 Å². The van der Waals surface area contributed by atoms with Crippen molar-refractivity contribution in [2.24, 2.45) is 0 Å². The zero-order valence-corrected chi connectivity index (χ0v) is 24.0. The third kappa shape index (κ3) is 4.73. The average Bonchev–Trinajstić information content (AvgIpc) is 3.48. The fourth-order valence-electron chi connectivity index (χ4n) is 5.21. The third-order valence-electron chi connectivity index (χ3n) is 7.37. The van der Waals surface area contributed by atoms with Gasteiger partial charge in [-0.3, -0.25) is 0 Å². The predicted molar refractivity (Wildman–Crippen MR) is 175 cm³/mol. The minimum Gasteiger partial charge on any atom is -0.245 e. The van der Waals surface area contributed by atoms with Gasteiger partial charge in [-0.25, -0.2) is 24.1 Å². The van der Waals surface area contributed by atoms with Crippen LogP contribution in [0.3, 0.4) is 0 Å². The number of thiazole rings is 1. The lowest BCUT2D eigenvalue weighted by Crippen LogP contribution is -2.17. The summed E-state index contributed by atoms with van der Waals surface area (Å²) < 4.78 is 2.52.